The van der Waals surface area contributed by atoms with E-state index in [1.165, 1.54) is 11.1 Å². The molecule has 2 heterocycles. The van der Waals surface area contributed by atoms with Crippen molar-refractivity contribution in [2.45, 2.75) is 78.1 Å². The molecule has 1 atom stereocenters. The number of ether oxygens (including phenoxy) is 1. The van der Waals surface area contributed by atoms with Crippen molar-refractivity contribution in [3.63, 3.8) is 0 Å². The molecule has 3 rings (SSSR count). The fourth-order valence-corrected chi connectivity index (χ4v) is 3.62. The minimum absolute atomic E-state index is 0.211. The predicted molar refractivity (Wildman–Crippen MR) is 121 cm³/mol. The maximum Gasteiger partial charge on any atom is 0.191 e. The summed E-state index contributed by atoms with van der Waals surface area (Å²) < 4.78 is 7.15. The van der Waals surface area contributed by atoms with Crippen LogP contribution in [0, 0.1) is 0 Å². The molecule has 0 saturated heterocycles. The van der Waals surface area contributed by atoms with Crippen molar-refractivity contribution in [1.82, 2.24) is 25.4 Å². The standard InChI is InChI=1S/C23H36N6O/c1-6-23(3,4)18-10-8-17(9-11-18)14-25-22(24-7-2)26-19-12-13-21-27-20(16-30-5)28-29(21)15-19/h8-11,19H,6-7,12-16H2,1-5H3,(H2,24,25,26). The zero-order chi connectivity index (χ0) is 21.6. The average molecular weight is 413 g/mol. The van der Waals surface area contributed by atoms with Gasteiger partial charge in [0.2, 0.25) is 0 Å². The summed E-state index contributed by atoms with van der Waals surface area (Å²) in [5, 5.41) is 11.5. The lowest BCUT2D eigenvalue weighted by Crippen LogP contribution is -2.47. The Balaban J connectivity index is 1.62. The lowest BCUT2D eigenvalue weighted by Gasteiger charge is -2.25. The molecule has 0 aliphatic carbocycles. The van der Waals surface area contributed by atoms with Gasteiger partial charge in [-0.3, -0.25) is 0 Å². The number of nitrogens with zero attached hydrogens (tertiary/aromatic N) is 4. The van der Waals surface area contributed by atoms with Gasteiger partial charge in [0.25, 0.3) is 0 Å². The van der Waals surface area contributed by atoms with Crippen LogP contribution in [-0.4, -0.2) is 40.4 Å². The molecule has 0 spiro atoms. The smallest absolute Gasteiger partial charge is 0.191 e. The van der Waals surface area contributed by atoms with E-state index in [2.05, 4.69) is 72.7 Å². The number of hydrogen-bond acceptors (Lipinski definition) is 4. The maximum atomic E-state index is 5.15. The van der Waals surface area contributed by atoms with Crippen molar-refractivity contribution < 1.29 is 4.74 Å². The van der Waals surface area contributed by atoms with Gasteiger partial charge in [-0.25, -0.2) is 14.7 Å². The van der Waals surface area contributed by atoms with E-state index in [1.54, 1.807) is 7.11 Å². The highest BCUT2D eigenvalue weighted by atomic mass is 16.5. The first-order chi connectivity index (χ1) is 14.4. The van der Waals surface area contributed by atoms with E-state index in [-0.39, 0.29) is 11.5 Å². The van der Waals surface area contributed by atoms with Crippen LogP contribution < -0.4 is 10.6 Å². The molecule has 2 aromatic rings. The number of hydrogen-bond donors (Lipinski definition) is 2. The lowest BCUT2D eigenvalue weighted by atomic mass is 9.82. The van der Waals surface area contributed by atoms with E-state index in [0.717, 1.165) is 50.0 Å². The Morgan fingerprint density at radius 2 is 2.03 bits per heavy atom. The van der Waals surface area contributed by atoms with Crippen LogP contribution in [0.25, 0.3) is 0 Å². The minimum Gasteiger partial charge on any atom is -0.377 e. The summed E-state index contributed by atoms with van der Waals surface area (Å²) in [6.45, 7) is 11.6. The van der Waals surface area contributed by atoms with Gasteiger partial charge < -0.3 is 15.4 Å². The molecule has 7 heteroatoms. The molecule has 1 aromatic heterocycles. The highest BCUT2D eigenvalue weighted by Crippen LogP contribution is 2.26. The number of aliphatic imine (C=N–C) groups is 1. The quantitative estimate of drug-likeness (QED) is 0.514. The number of nitrogens with one attached hydrogen (secondary N) is 2. The summed E-state index contributed by atoms with van der Waals surface area (Å²) >= 11 is 0. The van der Waals surface area contributed by atoms with Crippen LogP contribution in [0.5, 0.6) is 0 Å². The second-order valence-corrected chi connectivity index (χ2v) is 8.57. The van der Waals surface area contributed by atoms with Crippen LogP contribution in [-0.2, 0) is 36.3 Å². The molecule has 0 radical (unpaired) electrons. The van der Waals surface area contributed by atoms with Crippen molar-refractivity contribution in [3.05, 3.63) is 47.0 Å². The Labute approximate surface area is 180 Å². The van der Waals surface area contributed by atoms with Gasteiger partial charge in [0.15, 0.2) is 11.8 Å². The number of benzene rings is 1. The van der Waals surface area contributed by atoms with Gasteiger partial charge >= 0.3 is 0 Å². The summed E-state index contributed by atoms with van der Waals surface area (Å²) in [5.41, 5.74) is 2.80. The number of methoxy groups -OCH3 is 1. The molecule has 0 bridgehead atoms. The summed E-state index contributed by atoms with van der Waals surface area (Å²) in [5.74, 6) is 2.64. The zero-order valence-electron chi connectivity index (χ0n) is 19.0. The summed E-state index contributed by atoms with van der Waals surface area (Å²) in [7, 11) is 1.67. The number of guanidine groups is 1. The molecular formula is C23H36N6O. The van der Waals surface area contributed by atoms with Crippen LogP contribution in [0.15, 0.2) is 29.3 Å². The fourth-order valence-electron chi connectivity index (χ4n) is 3.62. The molecule has 2 N–H and O–H groups in total. The first kappa shape index (κ1) is 22.3. The number of rotatable bonds is 8. The summed E-state index contributed by atoms with van der Waals surface area (Å²) in [4.78, 5) is 9.36. The van der Waals surface area contributed by atoms with E-state index in [0.29, 0.717) is 13.2 Å². The monoisotopic (exact) mass is 412 g/mol. The highest BCUT2D eigenvalue weighted by Gasteiger charge is 2.22. The molecule has 0 fully saturated rings. The van der Waals surface area contributed by atoms with E-state index in [4.69, 9.17) is 9.73 Å². The van der Waals surface area contributed by atoms with Gasteiger partial charge in [-0.05, 0) is 36.3 Å². The number of aryl methyl sites for hydroxylation is 1. The fraction of sp³-hybridized carbons (Fsp3) is 0.609. The normalized spacial score (nSPS) is 17.0. The van der Waals surface area contributed by atoms with E-state index in [9.17, 15) is 0 Å². The van der Waals surface area contributed by atoms with Gasteiger partial charge in [-0.15, -0.1) is 0 Å². The van der Waals surface area contributed by atoms with Gasteiger partial charge in [0.05, 0.1) is 13.1 Å². The Kier molecular flexibility index (Phi) is 7.48. The van der Waals surface area contributed by atoms with Gasteiger partial charge in [-0.2, -0.15) is 5.10 Å². The third-order valence-corrected chi connectivity index (χ3v) is 5.90. The average Bonchev–Trinajstić information content (AvgIpc) is 3.14. The highest BCUT2D eigenvalue weighted by molar-refractivity contribution is 5.80. The molecule has 1 aromatic carbocycles. The Hall–Kier alpha value is -2.41. The number of aromatic nitrogens is 3. The molecule has 1 aliphatic heterocycles. The minimum atomic E-state index is 0.211. The Morgan fingerprint density at radius 3 is 2.70 bits per heavy atom. The van der Waals surface area contributed by atoms with Crippen LogP contribution in [0.2, 0.25) is 0 Å². The molecule has 1 aliphatic rings. The summed E-state index contributed by atoms with van der Waals surface area (Å²) in [6.07, 6.45) is 3.04. The number of fused-ring (bicyclic) bond motifs is 1. The van der Waals surface area contributed by atoms with Crippen LogP contribution in [0.4, 0.5) is 0 Å². The SMILES string of the molecule is CCNC(=NCc1ccc(C(C)(C)CC)cc1)NC1CCc2nc(COC)nn2C1. The predicted octanol–water partition coefficient (Wildman–Crippen LogP) is 3.18. The molecule has 164 valence electrons. The van der Waals surface area contributed by atoms with Crippen molar-refractivity contribution in [3.8, 4) is 0 Å². The third-order valence-electron chi connectivity index (χ3n) is 5.90. The molecule has 0 saturated carbocycles. The summed E-state index contributed by atoms with van der Waals surface area (Å²) in [6, 6.07) is 9.14. The topological polar surface area (TPSA) is 76.4 Å². The third kappa shape index (κ3) is 5.59. The van der Waals surface area contributed by atoms with E-state index < -0.39 is 0 Å². The van der Waals surface area contributed by atoms with Crippen LogP contribution in [0.3, 0.4) is 0 Å². The van der Waals surface area contributed by atoms with Crippen molar-refractivity contribution in [1.29, 1.82) is 0 Å². The van der Waals surface area contributed by atoms with Crippen molar-refractivity contribution in [2.24, 2.45) is 4.99 Å². The first-order valence-corrected chi connectivity index (χ1v) is 11.0. The maximum absolute atomic E-state index is 5.15. The Morgan fingerprint density at radius 1 is 1.27 bits per heavy atom. The molecule has 1 unspecified atom stereocenters. The largest absolute Gasteiger partial charge is 0.377 e. The molecule has 30 heavy (non-hydrogen) atoms. The van der Waals surface area contributed by atoms with Crippen LogP contribution in [0.1, 0.15) is 63.3 Å². The van der Waals surface area contributed by atoms with Gasteiger partial charge in [-0.1, -0.05) is 45.0 Å². The second-order valence-electron chi connectivity index (χ2n) is 8.57. The van der Waals surface area contributed by atoms with Crippen molar-refractivity contribution in [2.75, 3.05) is 13.7 Å². The molecular weight excluding hydrogens is 376 g/mol. The Bertz CT molecular complexity index is 840. The first-order valence-electron chi connectivity index (χ1n) is 11.0. The molecule has 7 nitrogen and oxygen atoms in total. The van der Waals surface area contributed by atoms with Crippen molar-refractivity contribution >= 4 is 5.96 Å². The molecule has 0 amide bonds. The zero-order valence-corrected chi connectivity index (χ0v) is 19.0. The van der Waals surface area contributed by atoms with Gasteiger partial charge in [0.1, 0.15) is 12.4 Å². The van der Waals surface area contributed by atoms with E-state index >= 15 is 0 Å². The van der Waals surface area contributed by atoms with Crippen LogP contribution >= 0.6 is 0 Å². The lowest BCUT2D eigenvalue weighted by molar-refractivity contribution is 0.177. The second kappa shape index (κ2) is 10.1. The van der Waals surface area contributed by atoms with E-state index in [1.807, 2.05) is 4.68 Å². The van der Waals surface area contributed by atoms with Gasteiger partial charge in [0, 0.05) is 26.1 Å².